The van der Waals surface area contributed by atoms with E-state index in [1.807, 2.05) is 140 Å². The van der Waals surface area contributed by atoms with Crippen molar-refractivity contribution in [3.63, 3.8) is 0 Å². The number of ether oxygens (including phenoxy) is 1. The Kier molecular flexibility index (Phi) is 15.4. The second kappa shape index (κ2) is 22.7. The van der Waals surface area contributed by atoms with E-state index in [2.05, 4.69) is 55.8 Å². The lowest BCUT2D eigenvalue weighted by Crippen LogP contribution is -2.17. The molecule has 0 unspecified atom stereocenters. The van der Waals surface area contributed by atoms with E-state index in [0.717, 1.165) is 49.0 Å². The van der Waals surface area contributed by atoms with E-state index < -0.39 is 0 Å². The standard InChI is InChI=1S/C19H16N2O2.2C18H14N2O/c1-23-17-11-9-15(10-12-17)19(22)21-20-13-16-7-4-6-14-5-2-3-8-18(14)16;2*21-18(15-8-2-1-3-9-15)20-19-13-16-11-6-10-14-7-4-5-12-17(14)16/h2-13H,1H3,(H,21,22);2*1-13H,(H,20,21)/b20-13+;2*19-13+. The number of hydrogen-bond acceptors (Lipinski definition) is 7. The minimum atomic E-state index is -0.260. The molecule has 9 aromatic carbocycles. The fourth-order valence-electron chi connectivity index (χ4n) is 6.69. The second-order valence-corrected chi connectivity index (χ2v) is 14.3. The number of amides is 3. The summed E-state index contributed by atoms with van der Waals surface area (Å²) in [6.45, 7) is 0. The maximum absolute atomic E-state index is 12.0. The Labute approximate surface area is 376 Å². The summed E-state index contributed by atoms with van der Waals surface area (Å²) in [5.41, 5.74) is 12.2. The highest BCUT2D eigenvalue weighted by molar-refractivity contribution is 6.03. The van der Waals surface area contributed by atoms with E-state index in [1.165, 1.54) is 0 Å². The molecule has 0 bridgehead atoms. The molecule has 3 N–H and O–H groups in total. The molecule has 10 heteroatoms. The van der Waals surface area contributed by atoms with Gasteiger partial charge in [-0.2, -0.15) is 15.3 Å². The van der Waals surface area contributed by atoms with Crippen LogP contribution in [0.4, 0.5) is 0 Å². The van der Waals surface area contributed by atoms with Crippen LogP contribution in [-0.2, 0) is 0 Å². The van der Waals surface area contributed by atoms with Crippen molar-refractivity contribution in [3.05, 3.63) is 246 Å². The Bertz CT molecular complexity index is 2960. The first-order valence-electron chi connectivity index (χ1n) is 20.6. The van der Waals surface area contributed by atoms with Gasteiger partial charge in [-0.3, -0.25) is 14.4 Å². The quantitative estimate of drug-likeness (QED) is 0.0933. The minimum absolute atomic E-state index is 0.216. The van der Waals surface area contributed by atoms with E-state index >= 15 is 0 Å². The fourth-order valence-corrected chi connectivity index (χ4v) is 6.69. The number of hydrazone groups is 3. The van der Waals surface area contributed by atoms with Crippen LogP contribution in [0.1, 0.15) is 47.8 Å². The molecule has 0 aliphatic carbocycles. The zero-order chi connectivity index (χ0) is 45.1. The Morgan fingerprint density at radius 1 is 0.354 bits per heavy atom. The highest BCUT2D eigenvalue weighted by Gasteiger charge is 2.06. The summed E-state index contributed by atoms with van der Waals surface area (Å²) >= 11 is 0. The summed E-state index contributed by atoms with van der Waals surface area (Å²) in [4.78, 5) is 35.8. The summed E-state index contributed by atoms with van der Waals surface area (Å²) in [7, 11) is 1.59. The van der Waals surface area contributed by atoms with Crippen LogP contribution in [0.3, 0.4) is 0 Å². The number of carbonyl (C=O) groups excluding carboxylic acids is 3. The molecule has 9 aromatic rings. The monoisotopic (exact) mass is 852 g/mol. The van der Waals surface area contributed by atoms with Crippen LogP contribution in [0.15, 0.2) is 228 Å². The molecule has 0 atom stereocenters. The summed E-state index contributed by atoms with van der Waals surface area (Å²) in [5, 5.41) is 18.9. The molecular formula is C55H44N6O4. The number of benzene rings is 9. The topological polar surface area (TPSA) is 134 Å². The molecular weight excluding hydrogens is 809 g/mol. The number of fused-ring (bicyclic) bond motifs is 3. The van der Waals surface area contributed by atoms with E-state index in [-0.39, 0.29) is 17.7 Å². The molecule has 3 amide bonds. The van der Waals surface area contributed by atoms with Crippen molar-refractivity contribution >= 4 is 68.7 Å². The molecule has 9 rings (SSSR count). The van der Waals surface area contributed by atoms with Gasteiger partial charge >= 0.3 is 0 Å². The molecule has 318 valence electrons. The maximum atomic E-state index is 12.0. The highest BCUT2D eigenvalue weighted by Crippen LogP contribution is 2.19. The Balaban J connectivity index is 0.000000146. The fraction of sp³-hybridized carbons (Fsp3) is 0.0182. The van der Waals surface area contributed by atoms with Crippen LogP contribution in [0.25, 0.3) is 32.3 Å². The van der Waals surface area contributed by atoms with Gasteiger partial charge in [-0.05, 0) is 80.8 Å². The summed E-state index contributed by atoms with van der Waals surface area (Å²) in [6, 6.07) is 67.1. The Morgan fingerprint density at radius 2 is 0.646 bits per heavy atom. The van der Waals surface area contributed by atoms with Crippen molar-refractivity contribution in [2.45, 2.75) is 0 Å². The lowest BCUT2D eigenvalue weighted by molar-refractivity contribution is 0.0947. The van der Waals surface area contributed by atoms with Gasteiger partial charge in [0.05, 0.1) is 25.8 Å². The molecule has 65 heavy (non-hydrogen) atoms. The third kappa shape index (κ3) is 12.3. The molecule has 0 aromatic heterocycles. The normalized spacial score (nSPS) is 10.8. The van der Waals surface area contributed by atoms with E-state index in [4.69, 9.17) is 4.74 Å². The van der Waals surface area contributed by atoms with Crippen molar-refractivity contribution in [3.8, 4) is 5.75 Å². The van der Waals surface area contributed by atoms with E-state index in [0.29, 0.717) is 22.4 Å². The van der Waals surface area contributed by atoms with Gasteiger partial charge in [0, 0.05) is 33.4 Å². The Morgan fingerprint density at radius 3 is 0.985 bits per heavy atom. The van der Waals surface area contributed by atoms with Crippen LogP contribution in [0.5, 0.6) is 5.75 Å². The van der Waals surface area contributed by atoms with Crippen LogP contribution in [-0.4, -0.2) is 43.5 Å². The SMILES string of the molecule is COc1ccc(C(=O)N/N=C/c2cccc3ccccc23)cc1.O=C(N/N=C/c1cccc2ccccc12)c1ccccc1.O=C(N/N=C/c1cccc2ccccc12)c1ccccc1. The molecule has 0 saturated carbocycles. The van der Waals surface area contributed by atoms with Crippen molar-refractivity contribution in [2.75, 3.05) is 7.11 Å². The average molecular weight is 853 g/mol. The first-order valence-corrected chi connectivity index (χ1v) is 20.6. The predicted molar refractivity (Wildman–Crippen MR) is 263 cm³/mol. The molecule has 0 radical (unpaired) electrons. The molecule has 0 fully saturated rings. The number of methoxy groups -OCH3 is 1. The smallest absolute Gasteiger partial charge is 0.271 e. The maximum Gasteiger partial charge on any atom is 0.271 e. The Hall–Kier alpha value is -9.02. The molecule has 0 saturated heterocycles. The van der Waals surface area contributed by atoms with Gasteiger partial charge in [-0.25, -0.2) is 16.3 Å². The third-order valence-electron chi connectivity index (χ3n) is 10.0. The van der Waals surface area contributed by atoms with Crippen molar-refractivity contribution in [1.82, 2.24) is 16.3 Å². The first kappa shape index (κ1) is 44.0. The second-order valence-electron chi connectivity index (χ2n) is 14.3. The number of hydrogen-bond donors (Lipinski definition) is 3. The van der Waals surface area contributed by atoms with Crippen molar-refractivity contribution < 1.29 is 19.1 Å². The minimum Gasteiger partial charge on any atom is -0.497 e. The lowest BCUT2D eigenvalue weighted by atomic mass is 10.1. The lowest BCUT2D eigenvalue weighted by Gasteiger charge is -2.03. The zero-order valence-corrected chi connectivity index (χ0v) is 35.4. The van der Waals surface area contributed by atoms with Gasteiger partial charge in [0.25, 0.3) is 17.7 Å². The van der Waals surface area contributed by atoms with Gasteiger partial charge in [0.15, 0.2) is 0 Å². The van der Waals surface area contributed by atoms with Crippen LogP contribution in [0.2, 0.25) is 0 Å². The van der Waals surface area contributed by atoms with Crippen LogP contribution < -0.4 is 21.0 Å². The van der Waals surface area contributed by atoms with Crippen LogP contribution in [0, 0.1) is 0 Å². The first-order chi connectivity index (χ1) is 32.0. The van der Waals surface area contributed by atoms with Gasteiger partial charge < -0.3 is 4.74 Å². The summed E-state index contributed by atoms with van der Waals surface area (Å²) in [5.74, 6) is 0.0177. The van der Waals surface area contributed by atoms with Gasteiger partial charge in [0.2, 0.25) is 0 Å². The van der Waals surface area contributed by atoms with Crippen molar-refractivity contribution in [2.24, 2.45) is 15.3 Å². The number of nitrogens with zero attached hydrogens (tertiary/aromatic N) is 3. The largest absolute Gasteiger partial charge is 0.497 e. The van der Waals surface area contributed by atoms with Gasteiger partial charge in [-0.1, -0.05) is 164 Å². The summed E-state index contributed by atoms with van der Waals surface area (Å²) in [6.07, 6.45) is 5.00. The molecule has 0 spiro atoms. The third-order valence-corrected chi connectivity index (χ3v) is 10.0. The average Bonchev–Trinajstić information content (AvgIpc) is 3.37. The van der Waals surface area contributed by atoms with E-state index in [1.54, 1.807) is 74.3 Å². The van der Waals surface area contributed by atoms with Gasteiger partial charge in [0.1, 0.15) is 5.75 Å². The molecule has 10 nitrogen and oxygen atoms in total. The van der Waals surface area contributed by atoms with Crippen molar-refractivity contribution in [1.29, 1.82) is 0 Å². The summed E-state index contributed by atoms with van der Waals surface area (Å²) < 4.78 is 5.07. The predicted octanol–water partition coefficient (Wildman–Crippen LogP) is 10.8. The zero-order valence-electron chi connectivity index (χ0n) is 35.4. The van der Waals surface area contributed by atoms with Crippen LogP contribution >= 0.6 is 0 Å². The molecule has 0 heterocycles. The molecule has 0 aliphatic rings. The number of nitrogens with one attached hydrogen (secondary N) is 3. The van der Waals surface area contributed by atoms with E-state index in [9.17, 15) is 14.4 Å². The molecule has 0 aliphatic heterocycles. The number of carbonyl (C=O) groups is 3. The number of rotatable bonds is 10. The van der Waals surface area contributed by atoms with Gasteiger partial charge in [-0.15, -0.1) is 0 Å². The highest BCUT2D eigenvalue weighted by atomic mass is 16.5.